The lowest BCUT2D eigenvalue weighted by molar-refractivity contribution is -0.307. The van der Waals surface area contributed by atoms with E-state index in [1.54, 1.807) is 12.1 Å². The van der Waals surface area contributed by atoms with Crippen LogP contribution in [0.2, 0.25) is 0 Å². The molecule has 16 heavy (non-hydrogen) atoms. The molecule has 1 amide bonds. The molecule has 5 heteroatoms. The number of carbonyl (C=O) groups excluding carboxylic acids is 2. The fraction of sp³-hybridized carbons (Fsp3) is 0.273. The van der Waals surface area contributed by atoms with Gasteiger partial charge in [0.1, 0.15) is 6.61 Å². The second-order valence-electron chi connectivity index (χ2n) is 3.25. The average Bonchev–Trinajstić information content (AvgIpc) is 2.27. The summed E-state index contributed by atoms with van der Waals surface area (Å²) >= 11 is 0. The van der Waals surface area contributed by atoms with Crippen molar-refractivity contribution in [3.8, 4) is 0 Å². The number of carbonyl (C=O) groups is 2. The van der Waals surface area contributed by atoms with Gasteiger partial charge in [-0.3, -0.25) is 0 Å². The smallest absolute Gasteiger partial charge is 0.407 e. The minimum Gasteiger partial charge on any atom is -0.548 e. The molecule has 0 saturated heterocycles. The number of hydrogen-bond acceptors (Lipinski definition) is 4. The van der Waals surface area contributed by atoms with Crippen LogP contribution in [0.1, 0.15) is 12.5 Å². The van der Waals surface area contributed by atoms with Crippen molar-refractivity contribution in [1.82, 2.24) is 5.32 Å². The molecule has 1 N–H and O–H groups in total. The van der Waals surface area contributed by atoms with Crippen molar-refractivity contribution < 1.29 is 19.4 Å². The molecule has 0 saturated carbocycles. The highest BCUT2D eigenvalue weighted by Gasteiger charge is 2.08. The summed E-state index contributed by atoms with van der Waals surface area (Å²) in [6.45, 7) is 1.41. The number of nitrogens with one attached hydrogen (secondary N) is 1. The Labute approximate surface area is 93.0 Å². The number of alkyl carbamates (subject to hydrolysis) is 1. The van der Waals surface area contributed by atoms with Gasteiger partial charge < -0.3 is 20.0 Å². The lowest BCUT2D eigenvalue weighted by Crippen LogP contribution is -2.46. The second-order valence-corrected chi connectivity index (χ2v) is 3.25. The Morgan fingerprint density at radius 2 is 2.00 bits per heavy atom. The third-order valence-corrected chi connectivity index (χ3v) is 1.90. The molecule has 1 rings (SSSR count). The zero-order valence-corrected chi connectivity index (χ0v) is 8.80. The summed E-state index contributed by atoms with van der Waals surface area (Å²) in [5.74, 6) is -1.35. The molecule has 1 unspecified atom stereocenters. The molecule has 5 nitrogen and oxygen atoms in total. The molecule has 86 valence electrons. The Kier molecular flexibility index (Phi) is 4.32. The van der Waals surface area contributed by atoms with Gasteiger partial charge in [-0.1, -0.05) is 30.3 Å². The van der Waals surface area contributed by atoms with Crippen LogP contribution in [0, 0.1) is 0 Å². The first-order valence-electron chi connectivity index (χ1n) is 4.77. The molecule has 0 aromatic heterocycles. The summed E-state index contributed by atoms with van der Waals surface area (Å²) in [5.41, 5.74) is 0.832. The van der Waals surface area contributed by atoms with E-state index in [9.17, 15) is 14.7 Å². The maximum atomic E-state index is 11.1. The molecule has 0 bridgehead atoms. The summed E-state index contributed by atoms with van der Waals surface area (Å²) < 4.78 is 4.81. The molecule has 1 aromatic rings. The number of hydrogen-bond donors (Lipinski definition) is 1. The van der Waals surface area contributed by atoms with Crippen LogP contribution in [0.15, 0.2) is 30.3 Å². The minimum absolute atomic E-state index is 0.104. The van der Waals surface area contributed by atoms with Crippen molar-refractivity contribution >= 4 is 12.1 Å². The molecular weight excluding hydrogens is 210 g/mol. The van der Waals surface area contributed by atoms with E-state index in [0.717, 1.165) is 5.56 Å². The zero-order valence-electron chi connectivity index (χ0n) is 8.80. The van der Waals surface area contributed by atoms with Crippen LogP contribution < -0.4 is 10.4 Å². The zero-order chi connectivity index (χ0) is 12.0. The lowest BCUT2D eigenvalue weighted by Gasteiger charge is -2.14. The molecule has 0 radical (unpaired) electrons. The number of aliphatic carboxylic acids is 1. The fourth-order valence-electron chi connectivity index (χ4n) is 1.00. The van der Waals surface area contributed by atoms with Crippen LogP contribution in [0.25, 0.3) is 0 Å². The van der Waals surface area contributed by atoms with Crippen molar-refractivity contribution in [2.75, 3.05) is 0 Å². The highest BCUT2D eigenvalue weighted by atomic mass is 16.5. The van der Waals surface area contributed by atoms with Gasteiger partial charge in [0, 0.05) is 0 Å². The first-order chi connectivity index (χ1) is 7.59. The maximum Gasteiger partial charge on any atom is 0.407 e. The normalized spacial score (nSPS) is 11.6. The van der Waals surface area contributed by atoms with E-state index in [1.165, 1.54) is 6.92 Å². The summed E-state index contributed by atoms with van der Waals surface area (Å²) in [6, 6.07) is 8.02. The molecule has 1 aromatic carbocycles. The van der Waals surface area contributed by atoms with E-state index in [4.69, 9.17) is 4.74 Å². The first kappa shape index (κ1) is 12.0. The molecule has 0 spiro atoms. The monoisotopic (exact) mass is 222 g/mol. The van der Waals surface area contributed by atoms with Crippen LogP contribution in [0.5, 0.6) is 0 Å². The number of ether oxygens (including phenoxy) is 1. The van der Waals surface area contributed by atoms with Gasteiger partial charge in [-0.05, 0) is 12.5 Å². The summed E-state index contributed by atoms with van der Waals surface area (Å²) in [6.07, 6.45) is -0.777. The first-order valence-corrected chi connectivity index (χ1v) is 4.77. The van der Waals surface area contributed by atoms with Gasteiger partial charge in [0.25, 0.3) is 0 Å². The molecule has 1 atom stereocenters. The Bertz CT molecular complexity index is 364. The van der Waals surface area contributed by atoms with Gasteiger partial charge in [0.15, 0.2) is 0 Å². The standard InChI is InChI=1S/C11H13NO4/c1-8(10(13)14)12-11(15)16-7-9-5-3-2-4-6-9/h2-6,8H,7H2,1H3,(H,12,15)(H,13,14)/p-1. The lowest BCUT2D eigenvalue weighted by atomic mass is 10.2. The highest BCUT2D eigenvalue weighted by Crippen LogP contribution is 2.00. The predicted octanol–water partition coefficient (Wildman–Crippen LogP) is 0.0512. The van der Waals surface area contributed by atoms with Gasteiger partial charge >= 0.3 is 6.09 Å². The van der Waals surface area contributed by atoms with E-state index >= 15 is 0 Å². The maximum absolute atomic E-state index is 11.1. The molecule has 0 fully saturated rings. The van der Waals surface area contributed by atoms with Crippen LogP contribution in [-0.2, 0) is 16.1 Å². The Morgan fingerprint density at radius 3 is 2.56 bits per heavy atom. The number of carboxylic acids is 1. The van der Waals surface area contributed by atoms with Gasteiger partial charge in [-0.2, -0.15) is 0 Å². The number of rotatable bonds is 4. The van der Waals surface area contributed by atoms with Crippen LogP contribution in [0.3, 0.4) is 0 Å². The van der Waals surface area contributed by atoms with Crippen molar-refractivity contribution in [2.45, 2.75) is 19.6 Å². The topological polar surface area (TPSA) is 78.5 Å². The SMILES string of the molecule is CC(NC(=O)OCc1ccccc1)C(=O)[O-]. The summed E-state index contributed by atoms with van der Waals surface area (Å²) in [4.78, 5) is 21.4. The molecule has 0 aliphatic carbocycles. The Morgan fingerprint density at radius 1 is 1.38 bits per heavy atom. The molecular formula is C11H12NO4-. The quantitative estimate of drug-likeness (QED) is 0.780. The Hall–Kier alpha value is -2.04. The van der Waals surface area contributed by atoms with E-state index in [1.807, 2.05) is 18.2 Å². The largest absolute Gasteiger partial charge is 0.548 e. The number of benzene rings is 1. The molecule has 0 heterocycles. The third kappa shape index (κ3) is 4.00. The Balaban J connectivity index is 2.33. The second kappa shape index (κ2) is 5.75. The molecule has 0 aliphatic heterocycles. The van der Waals surface area contributed by atoms with Crippen LogP contribution in [-0.4, -0.2) is 18.1 Å². The third-order valence-electron chi connectivity index (χ3n) is 1.90. The van der Waals surface area contributed by atoms with Gasteiger partial charge in [0.2, 0.25) is 0 Å². The van der Waals surface area contributed by atoms with Gasteiger partial charge in [0.05, 0.1) is 12.0 Å². The van der Waals surface area contributed by atoms with E-state index in [0.29, 0.717) is 0 Å². The van der Waals surface area contributed by atoms with E-state index in [-0.39, 0.29) is 6.61 Å². The fourth-order valence-corrected chi connectivity index (χ4v) is 1.00. The average molecular weight is 222 g/mol. The van der Waals surface area contributed by atoms with Crippen molar-refractivity contribution in [3.63, 3.8) is 0 Å². The summed E-state index contributed by atoms with van der Waals surface area (Å²) in [7, 11) is 0. The van der Waals surface area contributed by atoms with Crippen molar-refractivity contribution in [3.05, 3.63) is 35.9 Å². The van der Waals surface area contributed by atoms with Gasteiger partial charge in [-0.25, -0.2) is 4.79 Å². The predicted molar refractivity (Wildman–Crippen MR) is 54.2 cm³/mol. The van der Waals surface area contributed by atoms with Gasteiger partial charge in [-0.15, -0.1) is 0 Å². The highest BCUT2D eigenvalue weighted by molar-refractivity contribution is 5.78. The molecule has 0 aliphatic rings. The minimum atomic E-state index is -1.35. The number of carboxylic acid groups (broad SMARTS) is 1. The van der Waals surface area contributed by atoms with Crippen LogP contribution in [0.4, 0.5) is 4.79 Å². The van der Waals surface area contributed by atoms with E-state index in [2.05, 4.69) is 5.32 Å². The summed E-state index contributed by atoms with van der Waals surface area (Å²) in [5, 5.41) is 12.5. The van der Waals surface area contributed by atoms with E-state index < -0.39 is 18.1 Å². The van der Waals surface area contributed by atoms with Crippen LogP contribution >= 0.6 is 0 Å². The van der Waals surface area contributed by atoms with Crippen molar-refractivity contribution in [1.29, 1.82) is 0 Å². The number of amides is 1. The van der Waals surface area contributed by atoms with Crippen molar-refractivity contribution in [2.24, 2.45) is 0 Å².